The number of carbonyl (C=O) groups excluding carboxylic acids is 2. The van der Waals surface area contributed by atoms with E-state index >= 15 is 0 Å². The van der Waals surface area contributed by atoms with E-state index in [1.54, 1.807) is 0 Å². The Morgan fingerprint density at radius 3 is 2.35 bits per heavy atom. The summed E-state index contributed by atoms with van der Waals surface area (Å²) in [5, 5.41) is 2.82. The molecule has 134 valence electrons. The Labute approximate surface area is 146 Å². The van der Waals surface area contributed by atoms with Gasteiger partial charge in [0.2, 0.25) is 11.8 Å². The van der Waals surface area contributed by atoms with Gasteiger partial charge < -0.3 is 16.0 Å². The van der Waals surface area contributed by atoms with Gasteiger partial charge in [0.15, 0.2) is 0 Å². The molecule has 5 nitrogen and oxygen atoms in total. The molecule has 0 saturated heterocycles. The highest BCUT2D eigenvalue weighted by atomic mass is 35.5. The van der Waals surface area contributed by atoms with Gasteiger partial charge in [-0.3, -0.25) is 9.59 Å². The smallest absolute Gasteiger partial charge is 0.241 e. The molecule has 2 amide bonds. The van der Waals surface area contributed by atoms with E-state index in [4.69, 9.17) is 5.73 Å². The van der Waals surface area contributed by atoms with Gasteiger partial charge in [0.1, 0.15) is 0 Å². The van der Waals surface area contributed by atoms with Crippen molar-refractivity contribution in [2.75, 3.05) is 13.6 Å². The number of halogens is 1. The standard InChI is InChI=1S/C17H31N3O2.ClH/c1-17(18)11-7-6-10-14(17)16(22)19-12-15(21)20(2)13-8-4-3-5-9-13;/h13-14H,3-12,18H2,1-2H3,(H,19,22);1H. The van der Waals surface area contributed by atoms with Crippen molar-refractivity contribution in [3.8, 4) is 0 Å². The molecule has 0 aromatic rings. The van der Waals surface area contributed by atoms with Gasteiger partial charge in [-0.05, 0) is 32.6 Å². The first-order chi connectivity index (χ1) is 10.4. The molecule has 0 aliphatic heterocycles. The molecule has 2 rings (SSSR count). The Morgan fingerprint density at radius 1 is 1.13 bits per heavy atom. The molecule has 0 aromatic carbocycles. The van der Waals surface area contributed by atoms with Crippen LogP contribution in [0, 0.1) is 5.92 Å². The van der Waals surface area contributed by atoms with E-state index in [0.717, 1.165) is 38.5 Å². The minimum absolute atomic E-state index is 0. The average molecular weight is 346 g/mol. The van der Waals surface area contributed by atoms with Gasteiger partial charge in [-0.15, -0.1) is 12.4 Å². The van der Waals surface area contributed by atoms with Crippen LogP contribution in [0.2, 0.25) is 0 Å². The van der Waals surface area contributed by atoms with E-state index in [0.29, 0.717) is 6.04 Å². The Hall–Kier alpha value is -0.810. The molecular formula is C17H32ClN3O2. The van der Waals surface area contributed by atoms with Crippen molar-refractivity contribution in [2.45, 2.75) is 76.3 Å². The fourth-order valence-corrected chi connectivity index (χ4v) is 3.87. The Morgan fingerprint density at radius 2 is 1.74 bits per heavy atom. The van der Waals surface area contributed by atoms with Crippen LogP contribution in [-0.4, -0.2) is 41.9 Å². The summed E-state index contributed by atoms with van der Waals surface area (Å²) in [5.41, 5.74) is 5.81. The van der Waals surface area contributed by atoms with Crippen molar-refractivity contribution in [1.82, 2.24) is 10.2 Å². The van der Waals surface area contributed by atoms with Crippen molar-refractivity contribution in [2.24, 2.45) is 11.7 Å². The predicted molar refractivity (Wildman–Crippen MR) is 94.5 cm³/mol. The number of amides is 2. The lowest BCUT2D eigenvalue weighted by Gasteiger charge is -2.37. The van der Waals surface area contributed by atoms with Crippen LogP contribution in [0.5, 0.6) is 0 Å². The van der Waals surface area contributed by atoms with Gasteiger partial charge >= 0.3 is 0 Å². The minimum Gasteiger partial charge on any atom is -0.347 e. The fourth-order valence-electron chi connectivity index (χ4n) is 3.87. The van der Waals surface area contributed by atoms with E-state index < -0.39 is 5.54 Å². The summed E-state index contributed by atoms with van der Waals surface area (Å²) < 4.78 is 0. The summed E-state index contributed by atoms with van der Waals surface area (Å²) in [4.78, 5) is 26.4. The second-order valence-electron chi connectivity index (χ2n) is 7.32. The van der Waals surface area contributed by atoms with Crippen LogP contribution >= 0.6 is 12.4 Å². The molecule has 0 heterocycles. The molecule has 0 bridgehead atoms. The highest BCUT2D eigenvalue weighted by Crippen LogP contribution is 2.31. The first kappa shape index (κ1) is 20.2. The van der Waals surface area contributed by atoms with E-state index in [9.17, 15) is 9.59 Å². The summed E-state index contributed by atoms with van der Waals surface area (Å²) >= 11 is 0. The third-order valence-electron chi connectivity index (χ3n) is 5.50. The van der Waals surface area contributed by atoms with Crippen molar-refractivity contribution in [3.63, 3.8) is 0 Å². The molecule has 2 saturated carbocycles. The largest absolute Gasteiger partial charge is 0.347 e. The minimum atomic E-state index is -0.444. The van der Waals surface area contributed by atoms with Crippen LogP contribution in [0.4, 0.5) is 0 Å². The second kappa shape index (κ2) is 8.88. The normalized spacial score (nSPS) is 28.6. The lowest BCUT2D eigenvalue weighted by molar-refractivity contribution is -0.136. The molecule has 2 fully saturated rings. The van der Waals surface area contributed by atoms with Crippen LogP contribution in [-0.2, 0) is 9.59 Å². The monoisotopic (exact) mass is 345 g/mol. The maximum Gasteiger partial charge on any atom is 0.241 e. The average Bonchev–Trinajstić information content (AvgIpc) is 2.52. The van der Waals surface area contributed by atoms with Crippen molar-refractivity contribution in [3.05, 3.63) is 0 Å². The molecule has 0 spiro atoms. The first-order valence-corrected chi connectivity index (χ1v) is 8.74. The molecule has 0 radical (unpaired) electrons. The maximum atomic E-state index is 12.4. The number of nitrogens with one attached hydrogen (secondary N) is 1. The zero-order valence-corrected chi connectivity index (χ0v) is 15.3. The first-order valence-electron chi connectivity index (χ1n) is 8.74. The van der Waals surface area contributed by atoms with Crippen molar-refractivity contribution >= 4 is 24.2 Å². The Kier molecular flexibility index (Phi) is 7.81. The fraction of sp³-hybridized carbons (Fsp3) is 0.882. The van der Waals surface area contributed by atoms with Crippen LogP contribution in [0.3, 0.4) is 0 Å². The predicted octanol–water partition coefficient (Wildman–Crippen LogP) is 2.22. The Bertz CT molecular complexity index is 409. The number of hydrogen-bond acceptors (Lipinski definition) is 3. The summed E-state index contributed by atoms with van der Waals surface area (Å²) in [6.07, 6.45) is 9.66. The van der Waals surface area contributed by atoms with Gasteiger partial charge in [0.25, 0.3) is 0 Å². The van der Waals surface area contributed by atoms with Gasteiger partial charge in [0.05, 0.1) is 12.5 Å². The molecule has 6 heteroatoms. The highest BCUT2D eigenvalue weighted by molar-refractivity contribution is 5.86. The molecular weight excluding hydrogens is 314 g/mol. The summed E-state index contributed by atoms with van der Waals surface area (Å²) in [5.74, 6) is -0.223. The number of likely N-dealkylation sites (N-methyl/N-ethyl adjacent to an activating group) is 1. The summed E-state index contributed by atoms with van der Waals surface area (Å²) in [6.45, 7) is 2.05. The molecule has 3 N–H and O–H groups in total. The molecule has 0 aromatic heterocycles. The van der Waals surface area contributed by atoms with E-state index in [2.05, 4.69) is 5.32 Å². The van der Waals surface area contributed by atoms with Crippen LogP contribution < -0.4 is 11.1 Å². The van der Waals surface area contributed by atoms with E-state index in [-0.39, 0.29) is 36.7 Å². The number of rotatable bonds is 4. The zero-order valence-electron chi connectivity index (χ0n) is 14.5. The lowest BCUT2D eigenvalue weighted by atomic mass is 9.74. The summed E-state index contributed by atoms with van der Waals surface area (Å²) in [6, 6.07) is 0.340. The third kappa shape index (κ3) is 5.35. The lowest BCUT2D eigenvalue weighted by Crippen LogP contribution is -2.54. The number of nitrogens with zero attached hydrogens (tertiary/aromatic N) is 1. The zero-order chi connectivity index (χ0) is 16.2. The Balaban J connectivity index is 0.00000264. The molecule has 2 aliphatic rings. The van der Waals surface area contributed by atoms with Crippen molar-refractivity contribution in [1.29, 1.82) is 0 Å². The number of hydrogen-bond donors (Lipinski definition) is 2. The van der Waals surface area contributed by atoms with Crippen molar-refractivity contribution < 1.29 is 9.59 Å². The molecule has 2 atom stereocenters. The topological polar surface area (TPSA) is 75.4 Å². The SMILES string of the molecule is CN(C(=O)CNC(=O)C1CCCCC1(C)N)C1CCCCC1.Cl. The van der Waals surface area contributed by atoms with Crippen LogP contribution in [0.1, 0.15) is 64.7 Å². The molecule has 2 aliphatic carbocycles. The number of nitrogens with two attached hydrogens (primary N) is 1. The molecule has 2 unspecified atom stereocenters. The second-order valence-corrected chi connectivity index (χ2v) is 7.32. The van der Waals surface area contributed by atoms with Gasteiger partial charge in [-0.2, -0.15) is 0 Å². The highest BCUT2D eigenvalue weighted by Gasteiger charge is 2.37. The maximum absolute atomic E-state index is 12.4. The van der Waals surface area contributed by atoms with Gasteiger partial charge in [-0.25, -0.2) is 0 Å². The quantitative estimate of drug-likeness (QED) is 0.820. The van der Waals surface area contributed by atoms with E-state index in [1.165, 1.54) is 19.3 Å². The summed E-state index contributed by atoms with van der Waals surface area (Å²) in [7, 11) is 1.86. The van der Waals surface area contributed by atoms with Gasteiger partial charge in [-0.1, -0.05) is 32.1 Å². The molecule has 23 heavy (non-hydrogen) atoms. The third-order valence-corrected chi connectivity index (χ3v) is 5.50. The van der Waals surface area contributed by atoms with Crippen LogP contribution in [0.15, 0.2) is 0 Å². The van der Waals surface area contributed by atoms with Crippen LogP contribution in [0.25, 0.3) is 0 Å². The number of carbonyl (C=O) groups is 2. The van der Waals surface area contributed by atoms with E-state index in [1.807, 2.05) is 18.9 Å². The van der Waals surface area contributed by atoms with Gasteiger partial charge in [0, 0.05) is 18.6 Å².